The lowest BCUT2D eigenvalue weighted by Gasteiger charge is -2.11. The van der Waals surface area contributed by atoms with Crippen LogP contribution in [0.2, 0.25) is 0 Å². The van der Waals surface area contributed by atoms with E-state index in [1.54, 1.807) is 30.3 Å². The van der Waals surface area contributed by atoms with Crippen LogP contribution in [-0.4, -0.2) is 11.9 Å². The van der Waals surface area contributed by atoms with Gasteiger partial charge in [-0.15, -0.1) is 0 Å². The topological polar surface area (TPSA) is 69.2 Å². The van der Waals surface area contributed by atoms with Gasteiger partial charge in [-0.3, -0.25) is 4.79 Å². The van der Waals surface area contributed by atoms with Gasteiger partial charge in [-0.05, 0) is 35.9 Å². The molecule has 1 amide bonds. The molecule has 5 heteroatoms. The number of carbonyl (C=O) groups is 2. The minimum Gasteiger partial charge on any atom is -0.543 e. The first-order chi connectivity index (χ1) is 10.1. The van der Waals surface area contributed by atoms with Gasteiger partial charge in [-0.1, -0.05) is 30.3 Å². The van der Waals surface area contributed by atoms with Crippen molar-refractivity contribution >= 4 is 18.0 Å². The van der Waals surface area contributed by atoms with Crippen LogP contribution in [0.25, 0.3) is 6.08 Å². The van der Waals surface area contributed by atoms with E-state index in [-0.39, 0.29) is 0 Å². The molecular formula is C16H11FNO3-. The van der Waals surface area contributed by atoms with Crippen LogP contribution in [0.4, 0.5) is 4.39 Å². The number of halogens is 1. The number of hydrogen-bond acceptors (Lipinski definition) is 3. The summed E-state index contributed by atoms with van der Waals surface area (Å²) in [4.78, 5) is 23.0. The molecule has 4 nitrogen and oxygen atoms in total. The van der Waals surface area contributed by atoms with Gasteiger partial charge in [0.15, 0.2) is 0 Å². The maximum atomic E-state index is 12.8. The van der Waals surface area contributed by atoms with Crippen molar-refractivity contribution in [1.82, 2.24) is 5.32 Å². The van der Waals surface area contributed by atoms with Gasteiger partial charge in [-0.25, -0.2) is 4.39 Å². The number of aliphatic carboxylic acids is 1. The lowest BCUT2D eigenvalue weighted by Crippen LogP contribution is -2.35. The Kier molecular flexibility index (Phi) is 4.46. The molecule has 2 aromatic carbocycles. The maximum absolute atomic E-state index is 12.8. The highest BCUT2D eigenvalue weighted by Crippen LogP contribution is 2.08. The summed E-state index contributed by atoms with van der Waals surface area (Å²) in [6.45, 7) is 0. The van der Waals surface area contributed by atoms with Crippen LogP contribution in [0.1, 0.15) is 15.9 Å². The first kappa shape index (κ1) is 14.5. The zero-order chi connectivity index (χ0) is 15.2. The lowest BCUT2D eigenvalue weighted by atomic mass is 10.1. The number of nitrogens with one attached hydrogen (secondary N) is 1. The minimum atomic E-state index is -1.52. The Morgan fingerprint density at radius 1 is 1.00 bits per heavy atom. The van der Waals surface area contributed by atoms with Crippen LogP contribution in [0.15, 0.2) is 60.3 Å². The van der Waals surface area contributed by atoms with Gasteiger partial charge in [0.05, 0.1) is 11.7 Å². The van der Waals surface area contributed by atoms with E-state index in [9.17, 15) is 19.1 Å². The molecule has 0 fully saturated rings. The molecule has 0 spiro atoms. The monoisotopic (exact) mass is 284 g/mol. The Hall–Kier alpha value is -2.95. The standard InChI is InChI=1S/C16H12FNO3/c17-13-8-6-11(7-9-13)10-14(16(20)21)18-15(19)12-4-2-1-3-5-12/h1-10H,(H,18,19)(H,20,21)/p-1/b14-10+. The van der Waals surface area contributed by atoms with E-state index in [4.69, 9.17) is 0 Å². The molecule has 2 rings (SSSR count). The van der Waals surface area contributed by atoms with Gasteiger partial charge < -0.3 is 15.2 Å². The minimum absolute atomic E-state index is 0.323. The summed E-state index contributed by atoms with van der Waals surface area (Å²) >= 11 is 0. The molecule has 0 unspecified atom stereocenters. The number of benzene rings is 2. The van der Waals surface area contributed by atoms with Crippen LogP contribution in [-0.2, 0) is 4.79 Å². The van der Waals surface area contributed by atoms with Crippen molar-refractivity contribution in [3.05, 3.63) is 77.2 Å². The molecule has 0 atom stereocenters. The number of carboxylic acids is 1. The first-order valence-corrected chi connectivity index (χ1v) is 6.11. The van der Waals surface area contributed by atoms with Crippen LogP contribution in [0.3, 0.4) is 0 Å². The third-order valence-corrected chi connectivity index (χ3v) is 2.69. The largest absolute Gasteiger partial charge is 0.543 e. The van der Waals surface area contributed by atoms with Gasteiger partial charge >= 0.3 is 0 Å². The Balaban J connectivity index is 2.22. The average Bonchev–Trinajstić information content (AvgIpc) is 2.49. The van der Waals surface area contributed by atoms with Crippen molar-refractivity contribution in [2.75, 3.05) is 0 Å². The van der Waals surface area contributed by atoms with Crippen molar-refractivity contribution in [3.8, 4) is 0 Å². The van der Waals surface area contributed by atoms with Crippen molar-refractivity contribution in [2.24, 2.45) is 0 Å². The van der Waals surface area contributed by atoms with E-state index in [1.807, 2.05) is 0 Å². The van der Waals surface area contributed by atoms with Crippen molar-refractivity contribution in [3.63, 3.8) is 0 Å². The van der Waals surface area contributed by atoms with Crippen LogP contribution < -0.4 is 10.4 Å². The molecule has 0 saturated heterocycles. The predicted octanol–water partition coefficient (Wildman–Crippen LogP) is 1.35. The fourth-order valence-corrected chi connectivity index (χ4v) is 1.66. The number of amides is 1. The van der Waals surface area contributed by atoms with Gasteiger partial charge in [0.1, 0.15) is 5.82 Å². The van der Waals surface area contributed by atoms with E-state index in [2.05, 4.69) is 5.32 Å². The first-order valence-electron chi connectivity index (χ1n) is 6.11. The summed E-state index contributed by atoms with van der Waals surface area (Å²) in [5, 5.41) is 13.3. The second kappa shape index (κ2) is 6.47. The second-order valence-corrected chi connectivity index (χ2v) is 4.22. The molecular weight excluding hydrogens is 273 g/mol. The van der Waals surface area contributed by atoms with E-state index >= 15 is 0 Å². The third-order valence-electron chi connectivity index (χ3n) is 2.69. The highest BCUT2D eigenvalue weighted by atomic mass is 19.1. The fraction of sp³-hybridized carbons (Fsp3) is 0. The summed E-state index contributed by atoms with van der Waals surface area (Å²) in [6, 6.07) is 13.4. The van der Waals surface area contributed by atoms with E-state index < -0.39 is 23.4 Å². The molecule has 106 valence electrons. The number of carboxylic acid groups (broad SMARTS) is 1. The molecule has 0 heterocycles. The summed E-state index contributed by atoms with van der Waals surface area (Å²) in [5.41, 5.74) is 0.364. The fourth-order valence-electron chi connectivity index (χ4n) is 1.66. The molecule has 0 radical (unpaired) electrons. The normalized spacial score (nSPS) is 11.0. The lowest BCUT2D eigenvalue weighted by molar-refractivity contribution is -0.299. The molecule has 0 aliphatic carbocycles. The Bertz CT molecular complexity index is 678. The van der Waals surface area contributed by atoms with Gasteiger partial charge in [0, 0.05) is 5.56 Å². The van der Waals surface area contributed by atoms with E-state index in [0.717, 1.165) is 0 Å². The molecule has 0 aromatic heterocycles. The van der Waals surface area contributed by atoms with Gasteiger partial charge in [-0.2, -0.15) is 0 Å². The van der Waals surface area contributed by atoms with E-state index in [1.165, 1.54) is 30.3 Å². The SMILES string of the molecule is O=C([O-])/C(=C\c1ccc(F)cc1)NC(=O)c1ccccc1. The summed E-state index contributed by atoms with van der Waals surface area (Å²) < 4.78 is 12.8. The maximum Gasteiger partial charge on any atom is 0.255 e. The average molecular weight is 284 g/mol. The Morgan fingerprint density at radius 3 is 2.19 bits per heavy atom. The number of carbonyl (C=O) groups excluding carboxylic acids is 2. The summed E-state index contributed by atoms with van der Waals surface area (Å²) in [5.74, 6) is -2.52. The number of rotatable bonds is 4. The highest BCUT2D eigenvalue weighted by molar-refractivity contribution is 6.02. The third kappa shape index (κ3) is 4.01. The Morgan fingerprint density at radius 2 is 1.62 bits per heavy atom. The van der Waals surface area contributed by atoms with Crippen LogP contribution >= 0.6 is 0 Å². The van der Waals surface area contributed by atoms with E-state index in [0.29, 0.717) is 11.1 Å². The molecule has 2 aromatic rings. The van der Waals surface area contributed by atoms with Crippen molar-refractivity contribution in [1.29, 1.82) is 0 Å². The highest BCUT2D eigenvalue weighted by Gasteiger charge is 2.08. The zero-order valence-corrected chi connectivity index (χ0v) is 10.9. The second-order valence-electron chi connectivity index (χ2n) is 4.22. The van der Waals surface area contributed by atoms with Crippen LogP contribution in [0.5, 0.6) is 0 Å². The van der Waals surface area contributed by atoms with Crippen molar-refractivity contribution in [2.45, 2.75) is 0 Å². The summed E-state index contributed by atoms with van der Waals surface area (Å²) in [6.07, 6.45) is 1.20. The number of hydrogen-bond donors (Lipinski definition) is 1. The van der Waals surface area contributed by atoms with Crippen LogP contribution in [0, 0.1) is 5.82 Å². The predicted molar refractivity (Wildman–Crippen MR) is 73.3 cm³/mol. The molecule has 0 saturated carbocycles. The molecule has 0 aliphatic heterocycles. The molecule has 0 aliphatic rings. The summed E-state index contributed by atoms with van der Waals surface area (Å²) in [7, 11) is 0. The Labute approximate surface area is 120 Å². The van der Waals surface area contributed by atoms with Crippen molar-refractivity contribution < 1.29 is 19.1 Å². The molecule has 1 N–H and O–H groups in total. The van der Waals surface area contributed by atoms with Gasteiger partial charge in [0.25, 0.3) is 5.91 Å². The smallest absolute Gasteiger partial charge is 0.255 e. The van der Waals surface area contributed by atoms with Gasteiger partial charge in [0.2, 0.25) is 0 Å². The zero-order valence-electron chi connectivity index (χ0n) is 10.9. The quantitative estimate of drug-likeness (QED) is 0.862. The molecule has 21 heavy (non-hydrogen) atoms. The molecule has 0 bridgehead atoms.